The number of imidazole rings is 1. The highest BCUT2D eigenvalue weighted by atomic mass is 32.2. The van der Waals surface area contributed by atoms with Gasteiger partial charge in [-0.05, 0) is 35.4 Å². The van der Waals surface area contributed by atoms with Crippen LogP contribution in [0.3, 0.4) is 0 Å². The van der Waals surface area contributed by atoms with E-state index in [1.807, 2.05) is 29.2 Å². The van der Waals surface area contributed by atoms with Gasteiger partial charge < -0.3 is 0 Å². The van der Waals surface area contributed by atoms with Crippen LogP contribution in [0.25, 0.3) is 5.69 Å². The summed E-state index contributed by atoms with van der Waals surface area (Å²) in [6.45, 7) is 5.14. The van der Waals surface area contributed by atoms with Gasteiger partial charge in [0.1, 0.15) is 0 Å². The van der Waals surface area contributed by atoms with E-state index in [-0.39, 0.29) is 0 Å². The van der Waals surface area contributed by atoms with Gasteiger partial charge in [-0.15, -0.1) is 5.10 Å². The van der Waals surface area contributed by atoms with E-state index in [1.165, 1.54) is 5.56 Å². The maximum Gasteiger partial charge on any atom is 0.173 e. The van der Waals surface area contributed by atoms with Crippen LogP contribution in [0.2, 0.25) is 0 Å². The molecule has 0 radical (unpaired) electrons. The van der Waals surface area contributed by atoms with Crippen LogP contribution in [0.1, 0.15) is 31.2 Å². The predicted octanol–water partition coefficient (Wildman–Crippen LogP) is 3.26. The summed E-state index contributed by atoms with van der Waals surface area (Å²) >= 11 is 1.65. The molecular weight excluding hydrogens is 308 g/mol. The summed E-state index contributed by atoms with van der Waals surface area (Å²) in [4.78, 5) is 4.47. The zero-order valence-electron chi connectivity index (χ0n) is 13.4. The number of tetrazole rings is 1. The lowest BCUT2D eigenvalue weighted by molar-refractivity contribution is 0.540. The van der Waals surface area contributed by atoms with Gasteiger partial charge in [-0.3, -0.25) is 4.57 Å². The van der Waals surface area contributed by atoms with Crippen LogP contribution in [0.5, 0.6) is 0 Å². The molecule has 120 valence electrons. The Balaban J connectivity index is 1.74. The lowest BCUT2D eigenvalue weighted by atomic mass is 10.2. The van der Waals surface area contributed by atoms with Gasteiger partial charge in [-0.2, -0.15) is 0 Å². The van der Waals surface area contributed by atoms with E-state index in [1.54, 1.807) is 11.8 Å². The van der Waals surface area contributed by atoms with Crippen molar-refractivity contribution in [1.29, 1.82) is 0 Å². The first-order valence-corrected chi connectivity index (χ1v) is 8.75. The number of para-hydroxylation sites is 1. The molecule has 0 N–H and O–H groups in total. The summed E-state index contributed by atoms with van der Waals surface area (Å²) in [5.74, 6) is 1.60. The lowest BCUT2D eigenvalue weighted by Gasteiger charge is -2.10. The van der Waals surface area contributed by atoms with Crippen molar-refractivity contribution in [3.63, 3.8) is 0 Å². The van der Waals surface area contributed by atoms with E-state index in [4.69, 9.17) is 0 Å². The summed E-state index contributed by atoms with van der Waals surface area (Å²) in [5.41, 5.74) is 2.37. The van der Waals surface area contributed by atoms with E-state index in [0.717, 1.165) is 36.1 Å². The average Bonchev–Trinajstić information content (AvgIpc) is 3.20. The standard InChI is InChI=1S/C16H20N6S/c1-3-4-10-22-15(18-19-20-22)12-23-16-17-9-11-21(16)14-8-6-5-7-13(14)2/h5-9,11H,3-4,10,12H2,1-2H3. The molecule has 2 heterocycles. The van der Waals surface area contributed by atoms with Crippen molar-refractivity contribution in [2.75, 3.05) is 0 Å². The molecule has 7 heteroatoms. The van der Waals surface area contributed by atoms with Crippen molar-refractivity contribution < 1.29 is 0 Å². The third kappa shape index (κ3) is 3.61. The van der Waals surface area contributed by atoms with Crippen LogP contribution in [0.15, 0.2) is 41.8 Å². The number of aryl methyl sites for hydroxylation is 2. The number of aromatic nitrogens is 6. The number of nitrogens with zero attached hydrogens (tertiary/aromatic N) is 6. The lowest BCUT2D eigenvalue weighted by Crippen LogP contribution is -2.05. The minimum Gasteiger partial charge on any atom is -0.295 e. The summed E-state index contributed by atoms with van der Waals surface area (Å²) in [6, 6.07) is 8.30. The Morgan fingerprint density at radius 3 is 2.91 bits per heavy atom. The van der Waals surface area contributed by atoms with Gasteiger partial charge in [0, 0.05) is 18.9 Å². The van der Waals surface area contributed by atoms with Crippen molar-refractivity contribution >= 4 is 11.8 Å². The van der Waals surface area contributed by atoms with Crippen molar-refractivity contribution in [3.05, 3.63) is 48.0 Å². The van der Waals surface area contributed by atoms with E-state index >= 15 is 0 Å². The van der Waals surface area contributed by atoms with Crippen molar-refractivity contribution in [2.45, 2.75) is 44.1 Å². The highest BCUT2D eigenvalue weighted by molar-refractivity contribution is 7.98. The van der Waals surface area contributed by atoms with Crippen molar-refractivity contribution in [2.24, 2.45) is 0 Å². The molecule has 2 aromatic heterocycles. The van der Waals surface area contributed by atoms with Crippen LogP contribution >= 0.6 is 11.8 Å². The average molecular weight is 328 g/mol. The minimum absolute atomic E-state index is 0.708. The number of hydrogen-bond donors (Lipinski definition) is 0. The maximum atomic E-state index is 4.47. The highest BCUT2D eigenvalue weighted by Crippen LogP contribution is 2.24. The van der Waals surface area contributed by atoms with Gasteiger partial charge in [-0.25, -0.2) is 9.67 Å². The van der Waals surface area contributed by atoms with Crippen LogP contribution in [0, 0.1) is 6.92 Å². The van der Waals surface area contributed by atoms with Gasteiger partial charge in [0.25, 0.3) is 0 Å². The summed E-state index contributed by atoms with van der Waals surface area (Å²) in [5, 5.41) is 12.9. The quantitative estimate of drug-likeness (QED) is 0.623. The fraction of sp³-hybridized carbons (Fsp3) is 0.375. The number of thioether (sulfide) groups is 1. The van der Waals surface area contributed by atoms with Gasteiger partial charge >= 0.3 is 0 Å². The molecule has 0 saturated carbocycles. The number of benzene rings is 1. The Kier molecular flexibility index (Phi) is 5.07. The topological polar surface area (TPSA) is 61.4 Å². The Morgan fingerprint density at radius 1 is 1.22 bits per heavy atom. The summed E-state index contributed by atoms with van der Waals surface area (Å²) in [6.07, 6.45) is 6.03. The monoisotopic (exact) mass is 328 g/mol. The molecule has 3 aromatic rings. The molecule has 0 unspecified atom stereocenters. The molecule has 0 aliphatic heterocycles. The molecule has 0 bridgehead atoms. The molecule has 0 fully saturated rings. The number of hydrogen-bond acceptors (Lipinski definition) is 5. The fourth-order valence-electron chi connectivity index (χ4n) is 2.35. The zero-order valence-corrected chi connectivity index (χ0v) is 14.2. The Labute approximate surface area is 139 Å². The van der Waals surface area contributed by atoms with Gasteiger partial charge in [0.15, 0.2) is 11.0 Å². The largest absolute Gasteiger partial charge is 0.295 e. The molecule has 0 saturated heterocycles. The molecule has 1 aromatic carbocycles. The van der Waals surface area contributed by atoms with Crippen LogP contribution in [-0.2, 0) is 12.3 Å². The molecule has 0 amide bonds. The van der Waals surface area contributed by atoms with E-state index < -0.39 is 0 Å². The van der Waals surface area contributed by atoms with E-state index in [0.29, 0.717) is 5.75 Å². The molecular formula is C16H20N6S. The normalized spacial score (nSPS) is 11.0. The van der Waals surface area contributed by atoms with E-state index in [2.05, 4.69) is 51.1 Å². The second-order valence-corrected chi connectivity index (χ2v) is 6.27. The molecule has 0 spiro atoms. The van der Waals surface area contributed by atoms with Crippen molar-refractivity contribution in [1.82, 2.24) is 29.8 Å². The molecule has 6 nitrogen and oxygen atoms in total. The Morgan fingerprint density at radius 2 is 2.09 bits per heavy atom. The molecule has 0 aliphatic carbocycles. The van der Waals surface area contributed by atoms with Crippen LogP contribution in [-0.4, -0.2) is 29.8 Å². The third-order valence-corrected chi connectivity index (χ3v) is 4.60. The third-order valence-electron chi connectivity index (χ3n) is 3.64. The fourth-order valence-corrected chi connectivity index (χ4v) is 3.25. The van der Waals surface area contributed by atoms with Crippen molar-refractivity contribution in [3.8, 4) is 5.69 Å². The van der Waals surface area contributed by atoms with Crippen LogP contribution < -0.4 is 0 Å². The van der Waals surface area contributed by atoms with Gasteiger partial charge in [0.2, 0.25) is 0 Å². The first-order valence-electron chi connectivity index (χ1n) is 7.76. The second-order valence-electron chi connectivity index (χ2n) is 5.33. The molecule has 23 heavy (non-hydrogen) atoms. The second kappa shape index (κ2) is 7.41. The molecule has 0 aliphatic rings. The SMILES string of the molecule is CCCCn1nnnc1CSc1nccn1-c1ccccc1C. The predicted molar refractivity (Wildman–Crippen MR) is 90.6 cm³/mol. The van der Waals surface area contributed by atoms with Gasteiger partial charge in [0.05, 0.1) is 11.4 Å². The smallest absolute Gasteiger partial charge is 0.173 e. The first-order chi connectivity index (χ1) is 11.3. The Bertz CT molecular complexity index is 763. The minimum atomic E-state index is 0.708. The van der Waals surface area contributed by atoms with E-state index in [9.17, 15) is 0 Å². The van der Waals surface area contributed by atoms with Crippen LogP contribution in [0.4, 0.5) is 0 Å². The first kappa shape index (κ1) is 15.7. The number of unbranched alkanes of at least 4 members (excludes halogenated alkanes) is 1. The summed E-state index contributed by atoms with van der Waals surface area (Å²) < 4.78 is 4.00. The Hall–Kier alpha value is -2.15. The maximum absolute atomic E-state index is 4.47. The summed E-state index contributed by atoms with van der Waals surface area (Å²) in [7, 11) is 0. The number of rotatable bonds is 7. The molecule has 0 atom stereocenters. The highest BCUT2D eigenvalue weighted by Gasteiger charge is 2.11. The molecule has 3 rings (SSSR count). The zero-order chi connectivity index (χ0) is 16.1. The van der Waals surface area contributed by atoms with Gasteiger partial charge in [-0.1, -0.05) is 43.3 Å².